The van der Waals surface area contributed by atoms with Gasteiger partial charge in [0.15, 0.2) is 0 Å². The average Bonchev–Trinajstić information content (AvgIpc) is 2.58. The van der Waals surface area contributed by atoms with E-state index in [2.05, 4.69) is 12.2 Å². The van der Waals surface area contributed by atoms with Gasteiger partial charge in [0.05, 0.1) is 0 Å². The van der Waals surface area contributed by atoms with Crippen LogP contribution in [0.15, 0.2) is 0 Å². The molecule has 2 nitrogen and oxygen atoms in total. The molecular weight excluding hydrogens is 208 g/mol. The molecule has 2 fully saturated rings. The average molecular weight is 238 g/mol. The molecule has 2 saturated carbocycles. The summed E-state index contributed by atoms with van der Waals surface area (Å²) in [7, 11) is 0. The van der Waals surface area contributed by atoms with Crippen LogP contribution in [0.4, 0.5) is 0 Å². The second-order valence-corrected chi connectivity index (χ2v) is 6.38. The van der Waals surface area contributed by atoms with E-state index >= 15 is 0 Å². The van der Waals surface area contributed by atoms with Gasteiger partial charge in [-0.2, -0.15) is 0 Å². The van der Waals surface area contributed by atoms with Crippen LogP contribution < -0.4 is 11.1 Å². The van der Waals surface area contributed by atoms with Gasteiger partial charge < -0.3 is 11.1 Å². The van der Waals surface area contributed by atoms with Crippen molar-refractivity contribution in [2.45, 2.75) is 76.8 Å². The zero-order valence-corrected chi connectivity index (χ0v) is 11.5. The molecule has 3 N–H and O–H groups in total. The third-order valence-corrected chi connectivity index (χ3v) is 4.87. The lowest BCUT2D eigenvalue weighted by molar-refractivity contribution is 0.294. The predicted molar refractivity (Wildman–Crippen MR) is 74.0 cm³/mol. The molecule has 0 amide bonds. The molecule has 0 saturated heterocycles. The molecule has 0 heterocycles. The van der Waals surface area contributed by atoms with Gasteiger partial charge in [-0.1, -0.05) is 32.6 Å². The fraction of sp³-hybridized carbons (Fsp3) is 1.00. The van der Waals surface area contributed by atoms with Crippen molar-refractivity contribution in [3.8, 4) is 0 Å². The van der Waals surface area contributed by atoms with Crippen molar-refractivity contribution < 1.29 is 0 Å². The highest BCUT2D eigenvalue weighted by atomic mass is 15.0. The van der Waals surface area contributed by atoms with E-state index in [1.165, 1.54) is 57.8 Å². The first-order valence-electron chi connectivity index (χ1n) is 7.75. The Kier molecular flexibility index (Phi) is 5.30. The van der Waals surface area contributed by atoms with Gasteiger partial charge in [0.2, 0.25) is 0 Å². The second-order valence-electron chi connectivity index (χ2n) is 6.38. The molecule has 0 spiro atoms. The normalized spacial score (nSPS) is 33.5. The molecule has 2 rings (SSSR count). The maximum atomic E-state index is 6.00. The molecule has 0 aromatic heterocycles. The molecule has 2 aliphatic rings. The lowest BCUT2D eigenvalue weighted by Gasteiger charge is -2.29. The van der Waals surface area contributed by atoms with Crippen molar-refractivity contribution in [3.63, 3.8) is 0 Å². The van der Waals surface area contributed by atoms with Gasteiger partial charge in [0.1, 0.15) is 0 Å². The molecule has 100 valence electrons. The van der Waals surface area contributed by atoms with Crippen LogP contribution in [-0.2, 0) is 0 Å². The zero-order valence-electron chi connectivity index (χ0n) is 11.5. The lowest BCUT2D eigenvalue weighted by atomic mass is 9.91. The Hall–Kier alpha value is -0.0800. The van der Waals surface area contributed by atoms with Crippen molar-refractivity contribution in [1.82, 2.24) is 5.32 Å². The summed E-state index contributed by atoms with van der Waals surface area (Å²) < 4.78 is 0. The molecule has 0 aromatic rings. The van der Waals surface area contributed by atoms with Crippen LogP contribution >= 0.6 is 0 Å². The minimum absolute atomic E-state index is 0.586. The van der Waals surface area contributed by atoms with Crippen molar-refractivity contribution in [2.24, 2.45) is 17.6 Å². The van der Waals surface area contributed by atoms with E-state index in [9.17, 15) is 0 Å². The molecule has 3 atom stereocenters. The highest BCUT2D eigenvalue weighted by Crippen LogP contribution is 2.29. The third kappa shape index (κ3) is 3.96. The molecule has 0 aromatic carbocycles. The van der Waals surface area contributed by atoms with E-state index in [4.69, 9.17) is 5.73 Å². The fourth-order valence-corrected chi connectivity index (χ4v) is 3.77. The summed E-state index contributed by atoms with van der Waals surface area (Å²) in [5, 5.41) is 3.87. The summed E-state index contributed by atoms with van der Waals surface area (Å²) in [6.45, 7) is 3.21. The van der Waals surface area contributed by atoms with Gasteiger partial charge in [-0.25, -0.2) is 0 Å². The number of hydrogen-bond donors (Lipinski definition) is 2. The fourth-order valence-electron chi connectivity index (χ4n) is 3.77. The SMILES string of the molecule is CC1CCC(NC(CN)C2CCCCCC2)C1. The van der Waals surface area contributed by atoms with Gasteiger partial charge in [0, 0.05) is 18.6 Å². The second kappa shape index (κ2) is 6.75. The molecule has 2 heteroatoms. The Morgan fingerprint density at radius 3 is 2.29 bits per heavy atom. The van der Waals surface area contributed by atoms with Crippen molar-refractivity contribution in [2.75, 3.05) is 6.54 Å². The first-order valence-corrected chi connectivity index (χ1v) is 7.75. The molecule has 17 heavy (non-hydrogen) atoms. The largest absolute Gasteiger partial charge is 0.329 e. The van der Waals surface area contributed by atoms with E-state index in [0.717, 1.165) is 24.4 Å². The third-order valence-electron chi connectivity index (χ3n) is 4.87. The number of rotatable bonds is 4. The summed E-state index contributed by atoms with van der Waals surface area (Å²) in [6, 6.07) is 1.34. The minimum atomic E-state index is 0.586. The smallest absolute Gasteiger partial charge is 0.0221 e. The van der Waals surface area contributed by atoms with E-state index in [1.54, 1.807) is 0 Å². The Morgan fingerprint density at radius 1 is 1.06 bits per heavy atom. The van der Waals surface area contributed by atoms with Crippen molar-refractivity contribution in [1.29, 1.82) is 0 Å². The van der Waals surface area contributed by atoms with Gasteiger partial charge in [0.25, 0.3) is 0 Å². The van der Waals surface area contributed by atoms with Crippen molar-refractivity contribution >= 4 is 0 Å². The maximum absolute atomic E-state index is 6.00. The Bertz CT molecular complexity index is 209. The van der Waals surface area contributed by atoms with E-state index < -0.39 is 0 Å². The Labute approximate surface area is 107 Å². The highest BCUT2D eigenvalue weighted by molar-refractivity contribution is 4.86. The maximum Gasteiger partial charge on any atom is 0.0221 e. The predicted octanol–water partition coefficient (Wildman–Crippen LogP) is 3.06. The van der Waals surface area contributed by atoms with Crippen LogP contribution in [0.2, 0.25) is 0 Å². The first-order chi connectivity index (χ1) is 8.29. The topological polar surface area (TPSA) is 38.0 Å². The van der Waals surface area contributed by atoms with Gasteiger partial charge >= 0.3 is 0 Å². The standard InChI is InChI=1S/C15H30N2/c1-12-8-9-14(10-12)17-15(11-16)13-6-4-2-3-5-7-13/h12-15,17H,2-11,16H2,1H3. The number of nitrogens with two attached hydrogens (primary N) is 1. The highest BCUT2D eigenvalue weighted by Gasteiger charge is 2.27. The van der Waals surface area contributed by atoms with Gasteiger partial charge in [-0.15, -0.1) is 0 Å². The summed E-state index contributed by atoms with van der Waals surface area (Å²) in [5.41, 5.74) is 6.00. The van der Waals surface area contributed by atoms with Crippen LogP contribution in [-0.4, -0.2) is 18.6 Å². The van der Waals surface area contributed by atoms with Crippen molar-refractivity contribution in [3.05, 3.63) is 0 Å². The van der Waals surface area contributed by atoms with Crippen LogP contribution in [0.3, 0.4) is 0 Å². The molecule has 2 aliphatic carbocycles. The zero-order chi connectivity index (χ0) is 12.1. The summed E-state index contributed by atoms with van der Waals surface area (Å²) in [4.78, 5) is 0. The number of nitrogens with one attached hydrogen (secondary N) is 1. The first kappa shape index (κ1) is 13.4. The summed E-state index contributed by atoms with van der Waals surface area (Å²) in [6.07, 6.45) is 12.7. The summed E-state index contributed by atoms with van der Waals surface area (Å²) in [5.74, 6) is 1.76. The monoisotopic (exact) mass is 238 g/mol. The lowest BCUT2D eigenvalue weighted by Crippen LogP contribution is -2.46. The Balaban J connectivity index is 1.82. The van der Waals surface area contributed by atoms with Gasteiger partial charge in [-0.05, 0) is 43.9 Å². The van der Waals surface area contributed by atoms with Crippen LogP contribution in [0, 0.1) is 11.8 Å². The molecule has 0 aliphatic heterocycles. The molecule has 0 radical (unpaired) electrons. The molecule has 0 bridgehead atoms. The minimum Gasteiger partial charge on any atom is -0.329 e. The van der Waals surface area contributed by atoms with Gasteiger partial charge in [-0.3, -0.25) is 0 Å². The Morgan fingerprint density at radius 2 is 1.76 bits per heavy atom. The molecular formula is C15H30N2. The van der Waals surface area contributed by atoms with Crippen LogP contribution in [0.5, 0.6) is 0 Å². The summed E-state index contributed by atoms with van der Waals surface area (Å²) >= 11 is 0. The van der Waals surface area contributed by atoms with E-state index in [-0.39, 0.29) is 0 Å². The van der Waals surface area contributed by atoms with Crippen LogP contribution in [0.25, 0.3) is 0 Å². The van der Waals surface area contributed by atoms with E-state index in [0.29, 0.717) is 6.04 Å². The molecule has 3 unspecified atom stereocenters. The quantitative estimate of drug-likeness (QED) is 0.739. The van der Waals surface area contributed by atoms with E-state index in [1.807, 2.05) is 0 Å². The number of hydrogen-bond acceptors (Lipinski definition) is 2. The van der Waals surface area contributed by atoms with Crippen LogP contribution in [0.1, 0.15) is 64.7 Å².